The van der Waals surface area contributed by atoms with Crippen LogP contribution in [0, 0.1) is 0 Å². The topological polar surface area (TPSA) is 15.7 Å². The molecule has 340 valence electrons. The van der Waals surface area contributed by atoms with Crippen LogP contribution >= 0.6 is 11.3 Å². The summed E-state index contributed by atoms with van der Waals surface area (Å²) in [6, 6.07) is 80.0. The van der Waals surface area contributed by atoms with Crippen LogP contribution in [0.3, 0.4) is 0 Å². The first-order valence-corrected chi connectivity index (χ1v) is 25.4. The molecule has 0 radical (unpaired) electrons. The van der Waals surface area contributed by atoms with Gasteiger partial charge in [-0.2, -0.15) is 0 Å². The summed E-state index contributed by atoms with van der Waals surface area (Å²) >= 11 is 1.86. The number of fused-ring (bicyclic) bond motifs is 12. The molecule has 1 aliphatic heterocycles. The first-order chi connectivity index (χ1) is 35.1. The number of allylic oxidation sites excluding steroid dienone is 6. The Balaban J connectivity index is 0.947. The molecule has 10 aromatic rings. The second-order valence-electron chi connectivity index (χ2n) is 18.7. The second-order valence-corrected chi connectivity index (χ2v) is 19.8. The Morgan fingerprint density at radius 3 is 1.86 bits per heavy atom. The number of ether oxygens (including phenoxy) is 1. The van der Waals surface area contributed by atoms with Crippen molar-refractivity contribution in [2.75, 3.05) is 9.80 Å². The first kappa shape index (κ1) is 42.6. The Morgan fingerprint density at radius 1 is 0.549 bits per heavy atom. The van der Waals surface area contributed by atoms with E-state index in [-0.39, 0.29) is 6.04 Å². The molecule has 13 rings (SSSR count). The highest BCUT2D eigenvalue weighted by Crippen LogP contribution is 2.64. The lowest BCUT2D eigenvalue weighted by Gasteiger charge is -2.41. The van der Waals surface area contributed by atoms with Gasteiger partial charge < -0.3 is 14.5 Å². The van der Waals surface area contributed by atoms with Gasteiger partial charge >= 0.3 is 0 Å². The molecule has 71 heavy (non-hydrogen) atoms. The van der Waals surface area contributed by atoms with E-state index >= 15 is 0 Å². The zero-order chi connectivity index (χ0) is 47.5. The van der Waals surface area contributed by atoms with E-state index in [1.807, 2.05) is 11.3 Å². The SMILES string of the molecule is C/C=C\C=C(/C)c1cccc(N(c2cccc(-c3ccccc3)c2)c2ccc3sc4ccc(N(c5ccccc5)C5C=C6C(=CC5)C5(c7ccccc7Oc7ccccc75)c5ccccc56)cc4c3c2)c1. The molecule has 4 heteroatoms. The maximum atomic E-state index is 6.64. The number of thiophene rings is 1. The molecule has 3 aliphatic rings. The van der Waals surface area contributed by atoms with Gasteiger partial charge in [0, 0.05) is 59.7 Å². The standard InChI is InChI=1S/C67H50N2OS/c1-3-4-19-45(2)47-22-17-26-50(40-47)69(51-27-18-23-48(41-51)46-20-7-5-8-21-46)54-36-39-66-58(44-54)57-43-53(35-38-65(57)71-66)68(49-24-9-6-10-25-49)52-34-37-60-56(42-52)55-28-11-12-29-59(55)67(60)61-30-13-15-32-63(61)70-64-33-16-14-31-62(64)67/h3-33,35-44,52H,34H2,1-2H3/b4-3-,45-19+. The molecule has 0 bridgehead atoms. The van der Waals surface area contributed by atoms with Crippen LogP contribution in [-0.2, 0) is 5.41 Å². The summed E-state index contributed by atoms with van der Waals surface area (Å²) in [5, 5.41) is 2.50. The van der Waals surface area contributed by atoms with Gasteiger partial charge in [0.15, 0.2) is 0 Å². The van der Waals surface area contributed by atoms with Crippen LogP contribution in [-0.4, -0.2) is 6.04 Å². The van der Waals surface area contributed by atoms with Crippen LogP contribution in [0.4, 0.5) is 28.4 Å². The normalized spacial score (nSPS) is 15.4. The van der Waals surface area contributed by atoms with Crippen molar-refractivity contribution in [2.45, 2.75) is 31.7 Å². The van der Waals surface area contributed by atoms with E-state index in [0.717, 1.165) is 40.7 Å². The molecule has 9 aromatic carbocycles. The highest BCUT2D eigenvalue weighted by atomic mass is 32.1. The van der Waals surface area contributed by atoms with Gasteiger partial charge in [0.05, 0.1) is 11.5 Å². The highest BCUT2D eigenvalue weighted by Gasteiger charge is 2.53. The number of hydrogen-bond acceptors (Lipinski definition) is 4. The summed E-state index contributed by atoms with van der Waals surface area (Å²) in [5.74, 6) is 1.83. The minimum atomic E-state index is -0.484. The van der Waals surface area contributed by atoms with Crippen molar-refractivity contribution in [2.24, 2.45) is 0 Å². The molecular formula is C67H50N2OS. The summed E-state index contributed by atoms with van der Waals surface area (Å²) in [7, 11) is 0. The number of nitrogens with zero attached hydrogens (tertiary/aromatic N) is 2. The third-order valence-corrected chi connectivity index (χ3v) is 15.8. The van der Waals surface area contributed by atoms with Crippen LogP contribution in [0.2, 0.25) is 0 Å². The zero-order valence-corrected chi connectivity index (χ0v) is 40.5. The minimum absolute atomic E-state index is 0.0487. The van der Waals surface area contributed by atoms with Crippen molar-refractivity contribution in [1.82, 2.24) is 0 Å². The molecule has 1 unspecified atom stereocenters. The molecule has 0 fully saturated rings. The van der Waals surface area contributed by atoms with Crippen LogP contribution < -0.4 is 14.5 Å². The summed E-state index contributed by atoms with van der Waals surface area (Å²) < 4.78 is 9.18. The van der Waals surface area contributed by atoms with E-state index < -0.39 is 5.41 Å². The summed E-state index contributed by atoms with van der Waals surface area (Å²) in [5.41, 5.74) is 17.6. The fourth-order valence-electron chi connectivity index (χ4n) is 11.5. The molecule has 1 spiro atoms. The molecule has 2 heterocycles. The Labute approximate surface area is 419 Å². The fraction of sp³-hybridized carbons (Fsp3) is 0.0746. The van der Waals surface area contributed by atoms with Crippen LogP contribution in [0.25, 0.3) is 42.4 Å². The molecular weight excluding hydrogens is 881 g/mol. The fourth-order valence-corrected chi connectivity index (χ4v) is 12.6. The average molecular weight is 931 g/mol. The second kappa shape index (κ2) is 17.5. The van der Waals surface area contributed by atoms with Gasteiger partial charge in [-0.05, 0) is 150 Å². The highest BCUT2D eigenvalue weighted by molar-refractivity contribution is 7.25. The summed E-state index contributed by atoms with van der Waals surface area (Å²) in [4.78, 5) is 4.98. The van der Waals surface area contributed by atoms with Gasteiger partial charge in [0.25, 0.3) is 0 Å². The van der Waals surface area contributed by atoms with E-state index in [9.17, 15) is 0 Å². The lowest BCUT2D eigenvalue weighted by atomic mass is 9.65. The largest absolute Gasteiger partial charge is 0.457 e. The average Bonchev–Trinajstić information content (AvgIpc) is 3.94. The zero-order valence-electron chi connectivity index (χ0n) is 39.7. The molecule has 3 nitrogen and oxygen atoms in total. The molecule has 1 atom stereocenters. The molecule has 0 saturated carbocycles. The predicted octanol–water partition coefficient (Wildman–Crippen LogP) is 18.5. The Kier molecular flexibility index (Phi) is 10.5. The minimum Gasteiger partial charge on any atom is -0.457 e. The smallest absolute Gasteiger partial charge is 0.132 e. The van der Waals surface area contributed by atoms with Gasteiger partial charge in [-0.1, -0.05) is 164 Å². The van der Waals surface area contributed by atoms with E-state index in [0.29, 0.717) is 0 Å². The quantitative estimate of drug-likeness (QED) is 0.134. The number of rotatable bonds is 9. The van der Waals surface area contributed by atoms with E-state index in [4.69, 9.17) is 4.74 Å². The van der Waals surface area contributed by atoms with Gasteiger partial charge in [0.1, 0.15) is 11.5 Å². The van der Waals surface area contributed by atoms with Crippen molar-refractivity contribution in [3.63, 3.8) is 0 Å². The van der Waals surface area contributed by atoms with Crippen molar-refractivity contribution >= 4 is 71.1 Å². The van der Waals surface area contributed by atoms with Gasteiger partial charge in [-0.15, -0.1) is 11.3 Å². The van der Waals surface area contributed by atoms with Crippen molar-refractivity contribution < 1.29 is 4.74 Å². The Morgan fingerprint density at radius 2 is 1.13 bits per heavy atom. The monoisotopic (exact) mass is 930 g/mol. The number of anilines is 5. The maximum absolute atomic E-state index is 6.64. The van der Waals surface area contributed by atoms with Gasteiger partial charge in [-0.3, -0.25) is 0 Å². The first-order valence-electron chi connectivity index (χ1n) is 24.6. The van der Waals surface area contributed by atoms with Crippen molar-refractivity contribution in [3.05, 3.63) is 282 Å². The van der Waals surface area contributed by atoms with E-state index in [2.05, 4.69) is 272 Å². The summed E-state index contributed by atoms with van der Waals surface area (Å²) in [6.45, 7) is 4.25. The maximum Gasteiger partial charge on any atom is 0.132 e. The van der Waals surface area contributed by atoms with E-state index in [1.165, 1.54) is 81.5 Å². The van der Waals surface area contributed by atoms with Crippen LogP contribution in [0.5, 0.6) is 11.5 Å². The lowest BCUT2D eigenvalue weighted by Crippen LogP contribution is -2.35. The van der Waals surface area contributed by atoms with E-state index in [1.54, 1.807) is 0 Å². The molecule has 0 saturated heterocycles. The van der Waals surface area contributed by atoms with Crippen LogP contribution in [0.15, 0.2) is 254 Å². The third kappa shape index (κ3) is 7.09. The Hall–Kier alpha value is -8.44. The molecule has 2 aliphatic carbocycles. The van der Waals surface area contributed by atoms with Gasteiger partial charge in [0.2, 0.25) is 0 Å². The number of benzene rings is 9. The lowest BCUT2D eigenvalue weighted by molar-refractivity contribution is 0.436. The number of hydrogen-bond donors (Lipinski definition) is 0. The van der Waals surface area contributed by atoms with Gasteiger partial charge in [-0.25, -0.2) is 0 Å². The Bertz CT molecular complexity index is 3770. The third-order valence-electron chi connectivity index (χ3n) is 14.7. The molecule has 0 N–H and O–H groups in total. The van der Waals surface area contributed by atoms with Crippen molar-refractivity contribution in [1.29, 1.82) is 0 Å². The molecule has 0 amide bonds. The van der Waals surface area contributed by atoms with Crippen LogP contribution in [0.1, 0.15) is 48.1 Å². The molecule has 1 aromatic heterocycles. The predicted molar refractivity (Wildman–Crippen MR) is 300 cm³/mol. The van der Waals surface area contributed by atoms with Crippen molar-refractivity contribution in [3.8, 4) is 22.6 Å². The number of para-hydroxylation sites is 3. The summed E-state index contributed by atoms with van der Waals surface area (Å²) in [6.07, 6.45) is 12.3.